The second-order valence-corrected chi connectivity index (χ2v) is 4.25. The number of hydrogen-bond acceptors (Lipinski definition) is 2. The highest BCUT2D eigenvalue weighted by molar-refractivity contribution is 7.14. The molecule has 2 aromatic rings. The Labute approximate surface area is 95.1 Å². The highest BCUT2D eigenvalue weighted by Gasteiger charge is 2.12. The highest BCUT2D eigenvalue weighted by Crippen LogP contribution is 2.33. The van der Waals surface area contributed by atoms with Crippen molar-refractivity contribution in [1.82, 2.24) is 0 Å². The molecule has 0 saturated heterocycles. The largest absolute Gasteiger partial charge is 0.298 e. The van der Waals surface area contributed by atoms with E-state index in [1.807, 2.05) is 0 Å². The fourth-order valence-electron chi connectivity index (χ4n) is 1.31. The molecule has 0 unspecified atom stereocenters. The van der Waals surface area contributed by atoms with Gasteiger partial charge in [0.25, 0.3) is 0 Å². The second kappa shape index (κ2) is 4.13. The fraction of sp³-hybridized carbons (Fsp3) is 0. The van der Waals surface area contributed by atoms with E-state index in [9.17, 15) is 9.18 Å². The summed E-state index contributed by atoms with van der Waals surface area (Å²) in [4.78, 5) is 11.3. The zero-order valence-corrected chi connectivity index (χ0v) is 9.11. The maximum Gasteiger partial charge on any atom is 0.151 e. The quantitative estimate of drug-likeness (QED) is 0.725. The first-order chi connectivity index (χ1) is 7.24. The average Bonchev–Trinajstić information content (AvgIpc) is 2.70. The number of thiophene rings is 1. The molecule has 0 fully saturated rings. The molecular weight excluding hydrogens is 235 g/mol. The monoisotopic (exact) mass is 240 g/mol. The summed E-state index contributed by atoms with van der Waals surface area (Å²) in [6, 6.07) is 6.41. The lowest BCUT2D eigenvalue weighted by Crippen LogP contribution is -1.86. The Kier molecular flexibility index (Phi) is 2.84. The van der Waals surface area contributed by atoms with E-state index in [0.717, 1.165) is 0 Å². The lowest BCUT2D eigenvalue weighted by atomic mass is 10.1. The van der Waals surface area contributed by atoms with Crippen molar-refractivity contribution in [2.75, 3.05) is 0 Å². The Morgan fingerprint density at radius 2 is 2.13 bits per heavy atom. The van der Waals surface area contributed by atoms with Crippen LogP contribution in [-0.2, 0) is 0 Å². The van der Waals surface area contributed by atoms with E-state index in [2.05, 4.69) is 0 Å². The van der Waals surface area contributed by atoms with Gasteiger partial charge in [-0.1, -0.05) is 23.7 Å². The number of aldehydes is 1. The fourth-order valence-corrected chi connectivity index (χ4v) is 2.37. The maximum atomic E-state index is 13.6. The van der Waals surface area contributed by atoms with Gasteiger partial charge in [-0.25, -0.2) is 4.39 Å². The molecule has 4 heteroatoms. The van der Waals surface area contributed by atoms with E-state index in [4.69, 9.17) is 11.6 Å². The molecule has 0 N–H and O–H groups in total. The van der Waals surface area contributed by atoms with Crippen LogP contribution in [0.4, 0.5) is 4.39 Å². The minimum absolute atomic E-state index is 0.0674. The molecule has 0 spiro atoms. The molecule has 0 aliphatic carbocycles. The second-order valence-electron chi connectivity index (χ2n) is 2.92. The SMILES string of the molecule is O=Cc1ccsc1-c1cccc(Cl)c1F. The Bertz CT molecular complexity index is 507. The van der Waals surface area contributed by atoms with Crippen LogP contribution >= 0.6 is 22.9 Å². The Hall–Kier alpha value is -1.19. The van der Waals surface area contributed by atoms with Crippen molar-refractivity contribution >= 4 is 29.2 Å². The third-order valence-corrected chi connectivity index (χ3v) is 3.27. The molecule has 76 valence electrons. The first-order valence-corrected chi connectivity index (χ1v) is 5.47. The van der Waals surface area contributed by atoms with Gasteiger partial charge in [0.15, 0.2) is 6.29 Å². The van der Waals surface area contributed by atoms with Crippen LogP contribution in [-0.4, -0.2) is 6.29 Å². The van der Waals surface area contributed by atoms with Crippen molar-refractivity contribution in [3.05, 3.63) is 46.0 Å². The van der Waals surface area contributed by atoms with Gasteiger partial charge >= 0.3 is 0 Å². The van der Waals surface area contributed by atoms with E-state index >= 15 is 0 Å². The summed E-state index contributed by atoms with van der Waals surface area (Å²) in [6.07, 6.45) is 0.714. The predicted molar refractivity (Wildman–Crippen MR) is 60.1 cm³/mol. The molecule has 0 aliphatic rings. The van der Waals surface area contributed by atoms with Crippen LogP contribution in [0.5, 0.6) is 0 Å². The third kappa shape index (κ3) is 1.80. The zero-order valence-electron chi connectivity index (χ0n) is 7.54. The minimum Gasteiger partial charge on any atom is -0.298 e. The third-order valence-electron chi connectivity index (χ3n) is 2.02. The van der Waals surface area contributed by atoms with Crippen LogP contribution in [0.3, 0.4) is 0 Å². The number of benzene rings is 1. The van der Waals surface area contributed by atoms with Crippen molar-refractivity contribution in [1.29, 1.82) is 0 Å². The van der Waals surface area contributed by atoms with Crippen molar-refractivity contribution in [2.24, 2.45) is 0 Å². The van der Waals surface area contributed by atoms with Crippen LogP contribution in [0.25, 0.3) is 10.4 Å². The number of hydrogen-bond donors (Lipinski definition) is 0. The van der Waals surface area contributed by atoms with E-state index in [1.54, 1.807) is 23.6 Å². The Morgan fingerprint density at radius 1 is 1.33 bits per heavy atom. The van der Waals surface area contributed by atoms with Gasteiger partial charge in [0.1, 0.15) is 5.82 Å². The number of rotatable bonds is 2. The Balaban J connectivity index is 2.64. The van der Waals surface area contributed by atoms with Gasteiger partial charge in [0.05, 0.1) is 5.02 Å². The summed E-state index contributed by atoms with van der Waals surface area (Å²) in [7, 11) is 0. The molecule has 1 aromatic carbocycles. The summed E-state index contributed by atoms with van der Waals surface area (Å²) in [5.74, 6) is -0.482. The van der Waals surface area contributed by atoms with Crippen molar-refractivity contribution in [3.8, 4) is 10.4 Å². The molecular formula is C11H6ClFOS. The number of carbonyl (C=O) groups is 1. The molecule has 15 heavy (non-hydrogen) atoms. The average molecular weight is 241 g/mol. The van der Waals surface area contributed by atoms with Crippen LogP contribution < -0.4 is 0 Å². The van der Waals surface area contributed by atoms with Crippen LogP contribution in [0.15, 0.2) is 29.6 Å². The van der Waals surface area contributed by atoms with E-state index in [1.165, 1.54) is 17.4 Å². The lowest BCUT2D eigenvalue weighted by Gasteiger charge is -2.02. The molecule has 2 rings (SSSR count). The maximum absolute atomic E-state index is 13.6. The van der Waals surface area contributed by atoms with Gasteiger partial charge in [-0.15, -0.1) is 11.3 Å². The number of carbonyl (C=O) groups excluding carboxylic acids is 1. The van der Waals surface area contributed by atoms with Gasteiger partial charge in [-0.2, -0.15) is 0 Å². The first kappa shape index (κ1) is 10.3. The molecule has 1 nitrogen and oxygen atoms in total. The highest BCUT2D eigenvalue weighted by atomic mass is 35.5. The zero-order chi connectivity index (χ0) is 10.8. The van der Waals surface area contributed by atoms with E-state index in [0.29, 0.717) is 22.3 Å². The van der Waals surface area contributed by atoms with Gasteiger partial charge in [0, 0.05) is 16.0 Å². The summed E-state index contributed by atoms with van der Waals surface area (Å²) < 4.78 is 13.6. The topological polar surface area (TPSA) is 17.1 Å². The summed E-state index contributed by atoms with van der Waals surface area (Å²) in [5.41, 5.74) is 0.862. The van der Waals surface area contributed by atoms with Crippen LogP contribution in [0.1, 0.15) is 10.4 Å². The molecule has 0 amide bonds. The summed E-state index contributed by atoms with van der Waals surface area (Å²) in [6.45, 7) is 0. The van der Waals surface area contributed by atoms with Crippen molar-refractivity contribution in [2.45, 2.75) is 0 Å². The van der Waals surface area contributed by atoms with Gasteiger partial charge < -0.3 is 0 Å². The molecule has 0 radical (unpaired) electrons. The smallest absolute Gasteiger partial charge is 0.151 e. The number of halogens is 2. The predicted octanol–water partition coefficient (Wildman–Crippen LogP) is 4.02. The molecule has 0 saturated carbocycles. The van der Waals surface area contributed by atoms with E-state index in [-0.39, 0.29) is 5.02 Å². The van der Waals surface area contributed by atoms with Gasteiger partial charge in [-0.05, 0) is 17.5 Å². The van der Waals surface area contributed by atoms with Crippen molar-refractivity contribution < 1.29 is 9.18 Å². The Morgan fingerprint density at radius 3 is 2.87 bits per heavy atom. The summed E-state index contributed by atoms with van der Waals surface area (Å²) >= 11 is 6.99. The molecule has 0 bridgehead atoms. The van der Waals surface area contributed by atoms with Gasteiger partial charge in [-0.3, -0.25) is 4.79 Å². The van der Waals surface area contributed by atoms with Crippen LogP contribution in [0.2, 0.25) is 5.02 Å². The molecule has 0 aliphatic heterocycles. The van der Waals surface area contributed by atoms with Gasteiger partial charge in [0.2, 0.25) is 0 Å². The minimum atomic E-state index is -0.482. The van der Waals surface area contributed by atoms with Crippen LogP contribution in [0, 0.1) is 5.82 Å². The van der Waals surface area contributed by atoms with E-state index < -0.39 is 5.82 Å². The summed E-state index contributed by atoms with van der Waals surface area (Å²) in [5, 5.41) is 1.82. The normalized spacial score (nSPS) is 10.3. The first-order valence-electron chi connectivity index (χ1n) is 4.21. The standard InChI is InChI=1S/C11H6ClFOS/c12-9-3-1-2-8(10(9)13)11-7(6-14)4-5-15-11/h1-6H. The molecule has 1 heterocycles. The molecule has 1 aromatic heterocycles. The lowest BCUT2D eigenvalue weighted by molar-refractivity contribution is 0.112. The van der Waals surface area contributed by atoms with Crippen molar-refractivity contribution in [3.63, 3.8) is 0 Å². The molecule has 0 atom stereocenters.